The molecule has 0 unspecified atom stereocenters. The van der Waals surface area contributed by atoms with Gasteiger partial charge in [0.15, 0.2) is 0 Å². The Labute approximate surface area is 185 Å². The largest absolute Gasteiger partial charge is 0.444 e. The van der Waals surface area contributed by atoms with Crippen LogP contribution < -0.4 is 16.4 Å². The van der Waals surface area contributed by atoms with Crippen LogP contribution in [-0.2, 0) is 9.53 Å². The van der Waals surface area contributed by atoms with Crippen LogP contribution in [0.2, 0.25) is 0 Å². The monoisotopic (exact) mass is 430 g/mol. The molecule has 1 heterocycles. The number of carbonyl (C=O) groups is 2. The van der Waals surface area contributed by atoms with E-state index in [-0.39, 0.29) is 18.4 Å². The highest BCUT2D eigenvalue weighted by atomic mass is 16.6. The van der Waals surface area contributed by atoms with Gasteiger partial charge in [0.25, 0.3) is 0 Å². The minimum atomic E-state index is -0.595. The highest BCUT2D eigenvalue weighted by molar-refractivity contribution is 5.82. The Morgan fingerprint density at radius 2 is 1.97 bits per heavy atom. The Hall–Kier alpha value is -3.46. The van der Waals surface area contributed by atoms with Gasteiger partial charge in [-0.3, -0.25) is 4.79 Å². The van der Waals surface area contributed by atoms with Gasteiger partial charge in [0.1, 0.15) is 18.0 Å². The maximum atomic E-state index is 11.9. The van der Waals surface area contributed by atoms with Gasteiger partial charge in [-0.15, -0.1) is 12.8 Å². The molecule has 0 aromatic carbocycles. The van der Waals surface area contributed by atoms with Crippen molar-refractivity contribution in [2.24, 2.45) is 0 Å². The van der Waals surface area contributed by atoms with E-state index in [2.05, 4.69) is 52.2 Å². The van der Waals surface area contributed by atoms with Crippen molar-refractivity contribution in [3.63, 3.8) is 0 Å². The first-order chi connectivity index (χ1) is 14.6. The van der Waals surface area contributed by atoms with E-state index in [0.29, 0.717) is 30.8 Å². The molecule has 0 radical (unpaired) electrons. The zero-order chi connectivity index (χ0) is 23.9. The van der Waals surface area contributed by atoms with Gasteiger partial charge < -0.3 is 26.0 Å². The molecule has 0 aliphatic rings. The molecule has 0 saturated heterocycles. The van der Waals surface area contributed by atoms with Crippen molar-refractivity contribution in [3.05, 3.63) is 11.8 Å². The van der Waals surface area contributed by atoms with E-state index in [1.54, 1.807) is 27.0 Å². The average Bonchev–Trinajstić information content (AvgIpc) is 2.70. The Morgan fingerprint density at radius 3 is 2.58 bits per heavy atom. The molecule has 0 spiro atoms. The molecule has 1 aromatic rings. The molecule has 2 amide bonds. The summed E-state index contributed by atoms with van der Waals surface area (Å²) in [5, 5.41) is 5.95. The lowest BCUT2D eigenvalue weighted by Crippen LogP contribution is -2.41. The van der Waals surface area contributed by atoms with Gasteiger partial charge >= 0.3 is 6.09 Å². The van der Waals surface area contributed by atoms with Gasteiger partial charge in [0.2, 0.25) is 11.9 Å². The van der Waals surface area contributed by atoms with Crippen LogP contribution in [0.4, 0.5) is 16.6 Å². The van der Waals surface area contributed by atoms with Gasteiger partial charge in [0, 0.05) is 26.6 Å². The fraction of sp³-hybridized carbons (Fsp3) is 0.545. The van der Waals surface area contributed by atoms with Crippen molar-refractivity contribution in [1.82, 2.24) is 20.2 Å². The Morgan fingerprint density at radius 1 is 1.29 bits per heavy atom. The predicted octanol–water partition coefficient (Wildman–Crippen LogP) is 2.24. The fourth-order valence-corrected chi connectivity index (χ4v) is 2.10. The number of amides is 2. The molecule has 31 heavy (non-hydrogen) atoms. The highest BCUT2D eigenvalue weighted by Gasteiger charge is 2.20. The summed E-state index contributed by atoms with van der Waals surface area (Å²) in [6.45, 7) is 8.57. The summed E-state index contributed by atoms with van der Waals surface area (Å²) in [7, 11) is 1.53. The summed E-state index contributed by atoms with van der Waals surface area (Å²) in [5.41, 5.74) is 5.72. The van der Waals surface area contributed by atoms with Crippen LogP contribution in [-0.4, -0.2) is 59.2 Å². The molecule has 170 valence electrons. The van der Waals surface area contributed by atoms with Gasteiger partial charge in [-0.1, -0.05) is 18.8 Å². The van der Waals surface area contributed by atoms with Gasteiger partial charge in [-0.2, -0.15) is 4.98 Å². The number of hydrogen-bond donors (Lipinski definition) is 3. The van der Waals surface area contributed by atoms with E-state index in [1.807, 2.05) is 0 Å². The second kappa shape index (κ2) is 14.5. The Bertz CT molecular complexity index is 790. The quantitative estimate of drug-likeness (QED) is 0.427. The van der Waals surface area contributed by atoms with Crippen molar-refractivity contribution < 1.29 is 14.3 Å². The van der Waals surface area contributed by atoms with Gasteiger partial charge in [0.05, 0.1) is 11.8 Å². The number of unbranched alkanes of at least 4 members (excludes halogenated alkanes) is 1. The van der Waals surface area contributed by atoms with E-state index in [4.69, 9.17) is 10.5 Å². The number of terminal acetylenes is 1. The van der Waals surface area contributed by atoms with Crippen LogP contribution >= 0.6 is 0 Å². The standard InChI is InChI=1S/C20H32N6O3.C2H2/c1-6-11-23-17-15(13-24-18(21)25-17)10-8-7-9-12-22-16(27)14-26(5)19(28)29-20(2,3)4;1-2/h13H,6-7,9,11-12,14H2,1-5H3,(H,22,27)(H3,21,23,24,25);1-2H. The second-order valence-electron chi connectivity index (χ2n) is 7.51. The van der Waals surface area contributed by atoms with Crippen LogP contribution in [0.25, 0.3) is 0 Å². The zero-order valence-corrected chi connectivity index (χ0v) is 19.1. The van der Waals surface area contributed by atoms with Crippen molar-refractivity contribution in [3.8, 4) is 24.7 Å². The van der Waals surface area contributed by atoms with Crippen LogP contribution in [0, 0.1) is 24.7 Å². The predicted molar refractivity (Wildman–Crippen MR) is 123 cm³/mol. The van der Waals surface area contributed by atoms with Gasteiger partial charge in [-0.05, 0) is 33.6 Å². The third-order valence-corrected chi connectivity index (χ3v) is 3.46. The molecule has 0 fully saturated rings. The number of nitrogen functional groups attached to an aromatic ring is 1. The van der Waals surface area contributed by atoms with E-state index in [1.165, 1.54) is 11.9 Å². The second-order valence-corrected chi connectivity index (χ2v) is 7.51. The molecule has 0 saturated carbocycles. The number of anilines is 2. The zero-order valence-electron chi connectivity index (χ0n) is 19.1. The number of rotatable bonds is 8. The molecular formula is C22H34N6O3. The summed E-state index contributed by atoms with van der Waals surface area (Å²) in [5.74, 6) is 6.67. The van der Waals surface area contributed by atoms with Crippen LogP contribution in [0.15, 0.2) is 6.20 Å². The third-order valence-electron chi connectivity index (χ3n) is 3.46. The SMILES string of the molecule is C#C.CCCNc1nc(N)ncc1C#CCCCNC(=O)CN(C)C(=O)OC(C)(C)C. The van der Waals surface area contributed by atoms with Crippen LogP contribution in [0.1, 0.15) is 52.5 Å². The number of likely N-dealkylation sites (N-methyl/N-ethyl adjacent to an activating group) is 1. The third kappa shape index (κ3) is 12.7. The summed E-state index contributed by atoms with van der Waals surface area (Å²) in [6, 6.07) is 0. The molecule has 9 heteroatoms. The van der Waals surface area contributed by atoms with E-state index >= 15 is 0 Å². The number of ether oxygens (including phenoxy) is 1. The minimum absolute atomic E-state index is 0.0597. The molecule has 0 aliphatic heterocycles. The van der Waals surface area contributed by atoms with E-state index in [0.717, 1.165) is 13.0 Å². The van der Waals surface area contributed by atoms with E-state index in [9.17, 15) is 9.59 Å². The Balaban J connectivity index is 0.00000436. The first kappa shape index (κ1) is 27.5. The molecule has 0 atom stereocenters. The van der Waals surface area contributed by atoms with Crippen LogP contribution in [0.5, 0.6) is 0 Å². The number of nitrogens with two attached hydrogens (primary N) is 1. The summed E-state index contributed by atoms with van der Waals surface area (Å²) >= 11 is 0. The van der Waals surface area contributed by atoms with Crippen molar-refractivity contribution in [2.75, 3.05) is 37.7 Å². The molecule has 1 aromatic heterocycles. The summed E-state index contributed by atoms with van der Waals surface area (Å²) in [6.07, 6.45) is 11.3. The number of hydrogen-bond acceptors (Lipinski definition) is 7. The summed E-state index contributed by atoms with van der Waals surface area (Å²) in [4.78, 5) is 33.1. The average molecular weight is 431 g/mol. The normalized spacial score (nSPS) is 9.90. The molecule has 0 aliphatic carbocycles. The lowest BCUT2D eigenvalue weighted by Gasteiger charge is -2.24. The highest BCUT2D eigenvalue weighted by Crippen LogP contribution is 2.11. The molecule has 1 rings (SSSR count). The Kier molecular flexibility index (Phi) is 12.9. The molecule has 0 bridgehead atoms. The number of nitrogens with one attached hydrogen (secondary N) is 2. The number of aromatic nitrogens is 2. The maximum Gasteiger partial charge on any atom is 0.410 e. The fourth-order valence-electron chi connectivity index (χ4n) is 2.10. The topological polar surface area (TPSA) is 122 Å². The van der Waals surface area contributed by atoms with E-state index < -0.39 is 11.7 Å². The van der Waals surface area contributed by atoms with Crippen molar-refractivity contribution in [2.45, 2.75) is 52.6 Å². The maximum absolute atomic E-state index is 11.9. The van der Waals surface area contributed by atoms with Crippen molar-refractivity contribution in [1.29, 1.82) is 0 Å². The first-order valence-electron chi connectivity index (χ1n) is 10.0. The molecular weight excluding hydrogens is 396 g/mol. The minimum Gasteiger partial charge on any atom is -0.444 e. The van der Waals surface area contributed by atoms with Gasteiger partial charge in [-0.25, -0.2) is 9.78 Å². The lowest BCUT2D eigenvalue weighted by molar-refractivity contribution is -0.122. The lowest BCUT2D eigenvalue weighted by atomic mass is 10.2. The number of nitrogens with zero attached hydrogens (tertiary/aromatic N) is 3. The van der Waals surface area contributed by atoms with Crippen LogP contribution in [0.3, 0.4) is 0 Å². The summed E-state index contributed by atoms with van der Waals surface area (Å²) < 4.78 is 5.21. The molecule has 4 N–H and O–H groups in total. The van der Waals surface area contributed by atoms with Crippen molar-refractivity contribution >= 4 is 23.8 Å². The number of carbonyl (C=O) groups excluding carboxylic acids is 2. The molecule has 9 nitrogen and oxygen atoms in total. The first-order valence-corrected chi connectivity index (χ1v) is 10.0. The smallest absolute Gasteiger partial charge is 0.410 e.